The van der Waals surface area contributed by atoms with E-state index in [4.69, 9.17) is 0 Å². The molecule has 0 N–H and O–H groups in total. The van der Waals surface area contributed by atoms with E-state index < -0.39 is 5.92 Å². The minimum atomic E-state index is -2.76. The first-order valence-corrected chi connectivity index (χ1v) is 7.54. The summed E-state index contributed by atoms with van der Waals surface area (Å²) in [5, 5.41) is 0. The summed E-state index contributed by atoms with van der Waals surface area (Å²) in [6, 6.07) is 19.1. The van der Waals surface area contributed by atoms with Crippen LogP contribution in [0.3, 0.4) is 0 Å². The summed E-state index contributed by atoms with van der Waals surface area (Å²) in [7, 11) is 0. The highest BCUT2D eigenvalue weighted by atomic mass is 19.3. The SMILES string of the molecule is FC1(F)CN(Cc2ccccc2)CC/C1=C/c1ccccc1. The van der Waals surface area contributed by atoms with Gasteiger partial charge in [-0.1, -0.05) is 60.7 Å². The zero-order valence-corrected chi connectivity index (χ0v) is 12.4. The summed E-state index contributed by atoms with van der Waals surface area (Å²) >= 11 is 0. The molecule has 1 nitrogen and oxygen atoms in total. The lowest BCUT2D eigenvalue weighted by atomic mass is 9.97. The molecule has 0 saturated carbocycles. The normalized spacial score (nSPS) is 20.2. The molecule has 2 aromatic carbocycles. The lowest BCUT2D eigenvalue weighted by Crippen LogP contribution is -2.43. The monoisotopic (exact) mass is 299 g/mol. The van der Waals surface area contributed by atoms with E-state index in [1.54, 1.807) is 6.08 Å². The van der Waals surface area contributed by atoms with Gasteiger partial charge < -0.3 is 0 Å². The van der Waals surface area contributed by atoms with E-state index in [2.05, 4.69) is 0 Å². The number of alkyl halides is 2. The molecule has 0 bridgehead atoms. The number of likely N-dealkylation sites (tertiary alicyclic amines) is 1. The van der Waals surface area contributed by atoms with Gasteiger partial charge >= 0.3 is 0 Å². The van der Waals surface area contributed by atoms with Crippen molar-refractivity contribution in [3.8, 4) is 0 Å². The molecule has 0 unspecified atom stereocenters. The third-order valence-electron chi connectivity index (χ3n) is 3.98. The van der Waals surface area contributed by atoms with Crippen LogP contribution in [-0.4, -0.2) is 23.9 Å². The fourth-order valence-corrected chi connectivity index (χ4v) is 2.83. The number of piperidine rings is 1. The summed E-state index contributed by atoms with van der Waals surface area (Å²) in [4.78, 5) is 1.83. The van der Waals surface area contributed by atoms with Crippen molar-refractivity contribution >= 4 is 6.08 Å². The first kappa shape index (κ1) is 14.9. The molecule has 0 radical (unpaired) electrons. The van der Waals surface area contributed by atoms with Gasteiger partial charge in [0.25, 0.3) is 5.92 Å². The Balaban J connectivity index is 1.71. The molecule has 1 heterocycles. The van der Waals surface area contributed by atoms with E-state index >= 15 is 0 Å². The van der Waals surface area contributed by atoms with Crippen molar-refractivity contribution < 1.29 is 8.78 Å². The zero-order valence-electron chi connectivity index (χ0n) is 12.4. The van der Waals surface area contributed by atoms with Crippen molar-refractivity contribution in [3.05, 3.63) is 77.4 Å². The second kappa shape index (κ2) is 6.41. The van der Waals surface area contributed by atoms with E-state index in [1.165, 1.54) is 0 Å². The largest absolute Gasteiger partial charge is 0.293 e. The highest BCUT2D eigenvalue weighted by molar-refractivity contribution is 5.55. The van der Waals surface area contributed by atoms with Crippen LogP contribution in [0.5, 0.6) is 0 Å². The third-order valence-corrected chi connectivity index (χ3v) is 3.98. The molecule has 2 aromatic rings. The fourth-order valence-electron chi connectivity index (χ4n) is 2.83. The van der Waals surface area contributed by atoms with Gasteiger partial charge in [0, 0.05) is 18.7 Å². The fraction of sp³-hybridized carbons (Fsp3) is 0.263. The molecular formula is C19H19F2N. The number of benzene rings is 2. The maximum atomic E-state index is 14.4. The van der Waals surface area contributed by atoms with Gasteiger partial charge in [0.2, 0.25) is 0 Å². The topological polar surface area (TPSA) is 3.24 Å². The summed E-state index contributed by atoms with van der Waals surface area (Å²) in [5.41, 5.74) is 2.16. The smallest absolute Gasteiger partial charge is 0.282 e. The van der Waals surface area contributed by atoms with Crippen molar-refractivity contribution in [2.75, 3.05) is 13.1 Å². The Bertz CT molecular complexity index is 635. The molecule has 0 amide bonds. The molecule has 1 aliphatic rings. The van der Waals surface area contributed by atoms with Gasteiger partial charge in [-0.05, 0) is 23.6 Å². The van der Waals surface area contributed by atoms with Crippen LogP contribution in [-0.2, 0) is 6.54 Å². The highest BCUT2D eigenvalue weighted by Crippen LogP contribution is 2.34. The number of hydrogen-bond acceptors (Lipinski definition) is 1. The Kier molecular flexibility index (Phi) is 4.34. The summed E-state index contributed by atoms with van der Waals surface area (Å²) in [6.45, 7) is 1.04. The van der Waals surface area contributed by atoms with Gasteiger partial charge in [0.05, 0.1) is 6.54 Å². The van der Waals surface area contributed by atoms with Crippen LogP contribution in [0.25, 0.3) is 6.08 Å². The molecule has 1 aliphatic heterocycles. The summed E-state index contributed by atoms with van der Waals surface area (Å²) < 4.78 is 28.8. The number of rotatable bonds is 3. The van der Waals surface area contributed by atoms with Crippen molar-refractivity contribution in [2.24, 2.45) is 0 Å². The molecule has 114 valence electrons. The Morgan fingerprint density at radius 2 is 1.59 bits per heavy atom. The van der Waals surface area contributed by atoms with Gasteiger partial charge in [0.15, 0.2) is 0 Å². The molecule has 0 aromatic heterocycles. The molecule has 3 heteroatoms. The second-order valence-electron chi connectivity index (χ2n) is 5.73. The van der Waals surface area contributed by atoms with Gasteiger partial charge in [-0.2, -0.15) is 0 Å². The average molecular weight is 299 g/mol. The molecule has 0 aliphatic carbocycles. The molecule has 1 saturated heterocycles. The minimum absolute atomic E-state index is 0.208. The van der Waals surface area contributed by atoms with Gasteiger partial charge in [-0.3, -0.25) is 4.90 Å². The maximum Gasteiger partial charge on any atom is 0.282 e. The van der Waals surface area contributed by atoms with E-state index in [1.807, 2.05) is 65.6 Å². The molecule has 22 heavy (non-hydrogen) atoms. The Morgan fingerprint density at radius 1 is 0.955 bits per heavy atom. The molecule has 1 fully saturated rings. The Labute approximate surface area is 129 Å². The summed E-state index contributed by atoms with van der Waals surface area (Å²) in [6.07, 6.45) is 2.05. The summed E-state index contributed by atoms with van der Waals surface area (Å²) in [5.74, 6) is -2.76. The molecule has 3 rings (SSSR count). The predicted octanol–water partition coefficient (Wildman–Crippen LogP) is 4.61. The maximum absolute atomic E-state index is 14.4. The standard InChI is InChI=1S/C19H19F2N/c20-19(21)15-22(14-17-9-5-2-6-10-17)12-11-18(19)13-16-7-3-1-4-8-16/h1-10,13H,11-12,14-15H2/b18-13-. The van der Waals surface area contributed by atoms with E-state index in [9.17, 15) is 8.78 Å². The zero-order chi connectivity index (χ0) is 15.4. The van der Waals surface area contributed by atoms with E-state index in [0.29, 0.717) is 19.5 Å². The number of hydrogen-bond donors (Lipinski definition) is 0. The second-order valence-corrected chi connectivity index (χ2v) is 5.73. The quantitative estimate of drug-likeness (QED) is 0.800. The molecule has 0 atom stereocenters. The predicted molar refractivity (Wildman–Crippen MR) is 85.7 cm³/mol. The van der Waals surface area contributed by atoms with Crippen LogP contribution < -0.4 is 0 Å². The van der Waals surface area contributed by atoms with Crippen molar-refractivity contribution in [2.45, 2.75) is 18.9 Å². The average Bonchev–Trinajstić information content (AvgIpc) is 2.52. The molecular weight excluding hydrogens is 280 g/mol. The lowest BCUT2D eigenvalue weighted by molar-refractivity contribution is -0.0204. The van der Waals surface area contributed by atoms with Crippen LogP contribution in [0.2, 0.25) is 0 Å². The van der Waals surface area contributed by atoms with Crippen LogP contribution >= 0.6 is 0 Å². The van der Waals surface area contributed by atoms with Crippen molar-refractivity contribution in [1.29, 1.82) is 0 Å². The molecule has 0 spiro atoms. The van der Waals surface area contributed by atoms with Crippen molar-refractivity contribution in [3.63, 3.8) is 0 Å². The van der Waals surface area contributed by atoms with Crippen LogP contribution in [0, 0.1) is 0 Å². The first-order valence-electron chi connectivity index (χ1n) is 7.54. The minimum Gasteiger partial charge on any atom is -0.293 e. The Hall–Kier alpha value is -2.00. The van der Waals surface area contributed by atoms with Crippen LogP contribution in [0.4, 0.5) is 8.78 Å². The third kappa shape index (κ3) is 3.60. The van der Waals surface area contributed by atoms with Gasteiger partial charge in [-0.15, -0.1) is 0 Å². The van der Waals surface area contributed by atoms with Gasteiger partial charge in [-0.25, -0.2) is 8.78 Å². The number of halogens is 2. The van der Waals surface area contributed by atoms with Gasteiger partial charge in [0.1, 0.15) is 0 Å². The lowest BCUT2D eigenvalue weighted by Gasteiger charge is -2.34. The first-order chi connectivity index (χ1) is 10.6. The van der Waals surface area contributed by atoms with Crippen LogP contribution in [0.15, 0.2) is 66.2 Å². The number of nitrogens with zero attached hydrogens (tertiary/aromatic N) is 1. The van der Waals surface area contributed by atoms with E-state index in [0.717, 1.165) is 11.1 Å². The van der Waals surface area contributed by atoms with Crippen LogP contribution in [0.1, 0.15) is 17.5 Å². The van der Waals surface area contributed by atoms with Crippen molar-refractivity contribution in [1.82, 2.24) is 4.90 Å². The highest BCUT2D eigenvalue weighted by Gasteiger charge is 2.39. The Morgan fingerprint density at radius 3 is 2.23 bits per heavy atom. The van der Waals surface area contributed by atoms with E-state index in [-0.39, 0.29) is 12.1 Å².